The number of hydrogen-bond acceptors (Lipinski definition) is 1. The van der Waals surface area contributed by atoms with Gasteiger partial charge >= 0.3 is 0 Å². The summed E-state index contributed by atoms with van der Waals surface area (Å²) in [7, 11) is 0. The van der Waals surface area contributed by atoms with Gasteiger partial charge in [-0.25, -0.2) is 0 Å². The summed E-state index contributed by atoms with van der Waals surface area (Å²) in [4.78, 5) is 4.27. The van der Waals surface area contributed by atoms with Crippen molar-refractivity contribution in [3.63, 3.8) is 0 Å². The lowest BCUT2D eigenvalue weighted by Gasteiger charge is -2.48. The van der Waals surface area contributed by atoms with E-state index >= 15 is 0 Å². The minimum atomic E-state index is 0.918. The first-order valence-corrected chi connectivity index (χ1v) is 9.29. The topological polar surface area (TPSA) is 12.9 Å². The van der Waals surface area contributed by atoms with Crippen molar-refractivity contribution in [2.24, 2.45) is 17.8 Å². The van der Waals surface area contributed by atoms with Crippen molar-refractivity contribution < 1.29 is 0 Å². The normalized spacial score (nSPS) is 27.5. The highest BCUT2D eigenvalue weighted by Crippen LogP contribution is 2.51. The van der Waals surface area contributed by atoms with Crippen LogP contribution in [0.15, 0.2) is 54.7 Å². The molecule has 0 N–H and O–H groups in total. The van der Waals surface area contributed by atoms with E-state index in [0.29, 0.717) is 0 Å². The first-order valence-electron chi connectivity index (χ1n) is 9.29. The summed E-state index contributed by atoms with van der Waals surface area (Å²) >= 11 is 0. The van der Waals surface area contributed by atoms with Gasteiger partial charge in [0.25, 0.3) is 0 Å². The molecule has 0 radical (unpaired) electrons. The lowest BCUT2D eigenvalue weighted by Crippen LogP contribution is -2.42. The molecule has 2 aromatic rings. The van der Waals surface area contributed by atoms with Gasteiger partial charge in [0.15, 0.2) is 0 Å². The van der Waals surface area contributed by atoms with Crippen molar-refractivity contribution >= 4 is 6.71 Å². The molecule has 4 heterocycles. The second kappa shape index (κ2) is 6.90. The van der Waals surface area contributed by atoms with E-state index in [-0.39, 0.29) is 0 Å². The third-order valence-corrected chi connectivity index (χ3v) is 5.95. The van der Waals surface area contributed by atoms with Gasteiger partial charge in [0.1, 0.15) is 6.71 Å². The number of hydrogen-bond donors (Lipinski definition) is 0. The molecule has 1 saturated carbocycles. The van der Waals surface area contributed by atoms with Crippen LogP contribution in [0.4, 0.5) is 0 Å². The van der Waals surface area contributed by atoms with Crippen molar-refractivity contribution in [2.75, 3.05) is 0 Å². The minimum Gasteiger partial charge on any atom is -0.261 e. The molecular weight excluding hydrogens is 277 g/mol. The SMILES string of the molecule is C1B2CC3CC1CC(C2)C3.c1ccc(Cc2ccccn2)cc1. The van der Waals surface area contributed by atoms with Crippen LogP contribution in [0.2, 0.25) is 19.0 Å². The fraction of sp³-hybridized carbons (Fsp3) is 0.476. The number of aromatic nitrogens is 1. The number of nitrogens with zero attached hydrogens (tertiary/aromatic N) is 1. The molecule has 1 aromatic carbocycles. The van der Waals surface area contributed by atoms with E-state index in [1.165, 1.54) is 30.0 Å². The van der Waals surface area contributed by atoms with Crippen LogP contribution in [0, 0.1) is 17.8 Å². The smallest absolute Gasteiger partial charge is 0.140 e. The standard InChI is InChI=1S/C12H11N.C9H15B/c1-2-6-11(7-3-1)10-12-8-4-5-9-13-12;1-7-2-9-3-8(1)5-10(4-7)6-9/h1-9H,10H2;7-9H,1-6H2. The molecule has 4 fully saturated rings. The maximum atomic E-state index is 4.27. The van der Waals surface area contributed by atoms with Gasteiger partial charge in [-0.2, -0.15) is 0 Å². The Balaban J connectivity index is 0.000000121. The van der Waals surface area contributed by atoms with Crippen molar-refractivity contribution in [2.45, 2.75) is 44.6 Å². The first-order chi connectivity index (χ1) is 11.3. The Labute approximate surface area is 140 Å². The molecule has 0 spiro atoms. The van der Waals surface area contributed by atoms with Crippen LogP contribution in [-0.4, -0.2) is 11.7 Å². The Hall–Kier alpha value is -1.57. The Morgan fingerprint density at radius 1 is 0.783 bits per heavy atom. The Kier molecular flexibility index (Phi) is 4.50. The monoisotopic (exact) mass is 303 g/mol. The molecule has 1 aliphatic carbocycles. The van der Waals surface area contributed by atoms with Gasteiger partial charge in [-0.05, 0) is 54.7 Å². The largest absolute Gasteiger partial charge is 0.261 e. The fourth-order valence-corrected chi connectivity index (χ4v) is 5.29. The van der Waals surface area contributed by atoms with Crippen LogP contribution in [-0.2, 0) is 6.42 Å². The van der Waals surface area contributed by atoms with Gasteiger partial charge in [0, 0.05) is 18.3 Å². The molecule has 0 atom stereocenters. The maximum Gasteiger partial charge on any atom is 0.140 e. The van der Waals surface area contributed by atoms with E-state index in [9.17, 15) is 0 Å². The molecule has 3 aliphatic heterocycles. The van der Waals surface area contributed by atoms with Gasteiger partial charge in [0.2, 0.25) is 0 Å². The van der Waals surface area contributed by atoms with E-state index in [2.05, 4.69) is 29.2 Å². The summed E-state index contributed by atoms with van der Waals surface area (Å²) in [5.41, 5.74) is 2.43. The highest BCUT2D eigenvalue weighted by Gasteiger charge is 2.43. The summed E-state index contributed by atoms with van der Waals surface area (Å²) in [6.07, 6.45) is 12.4. The molecule has 4 bridgehead atoms. The van der Waals surface area contributed by atoms with E-state index in [0.717, 1.165) is 12.1 Å². The highest BCUT2D eigenvalue weighted by atomic mass is 14.7. The second-order valence-corrected chi connectivity index (χ2v) is 7.86. The Morgan fingerprint density at radius 3 is 1.91 bits per heavy atom. The molecule has 0 unspecified atom stereocenters. The van der Waals surface area contributed by atoms with Gasteiger partial charge in [-0.15, -0.1) is 0 Å². The van der Waals surface area contributed by atoms with Gasteiger partial charge < -0.3 is 0 Å². The van der Waals surface area contributed by atoms with Crippen LogP contribution in [0.5, 0.6) is 0 Å². The molecule has 2 heteroatoms. The molecule has 23 heavy (non-hydrogen) atoms. The lowest BCUT2D eigenvalue weighted by atomic mass is 9.28. The van der Waals surface area contributed by atoms with E-state index < -0.39 is 0 Å². The van der Waals surface area contributed by atoms with Crippen LogP contribution >= 0.6 is 0 Å². The van der Waals surface area contributed by atoms with Gasteiger partial charge in [-0.1, -0.05) is 55.4 Å². The highest BCUT2D eigenvalue weighted by molar-refractivity contribution is 6.59. The van der Waals surface area contributed by atoms with Crippen LogP contribution < -0.4 is 0 Å². The van der Waals surface area contributed by atoms with Gasteiger partial charge in [0.05, 0.1) is 0 Å². The van der Waals surface area contributed by atoms with Crippen molar-refractivity contribution in [3.8, 4) is 0 Å². The summed E-state index contributed by atoms with van der Waals surface area (Å²) in [5.74, 6) is 3.53. The van der Waals surface area contributed by atoms with Gasteiger partial charge in [-0.3, -0.25) is 4.98 Å². The van der Waals surface area contributed by atoms with Crippen molar-refractivity contribution in [3.05, 3.63) is 66.0 Å². The molecule has 1 nitrogen and oxygen atoms in total. The van der Waals surface area contributed by atoms with Crippen molar-refractivity contribution in [1.29, 1.82) is 0 Å². The quantitative estimate of drug-likeness (QED) is 0.694. The third-order valence-electron chi connectivity index (χ3n) is 5.95. The molecule has 3 saturated heterocycles. The second-order valence-electron chi connectivity index (χ2n) is 7.86. The molecular formula is C21H26BN. The van der Waals surface area contributed by atoms with Crippen molar-refractivity contribution in [1.82, 2.24) is 4.98 Å². The summed E-state index contributed by atoms with van der Waals surface area (Å²) < 4.78 is 0. The number of rotatable bonds is 2. The Bertz CT molecular complexity index is 516. The summed E-state index contributed by atoms with van der Waals surface area (Å²) in [5, 5.41) is 0. The molecule has 0 amide bonds. The van der Waals surface area contributed by atoms with E-state index in [1.807, 2.05) is 30.5 Å². The van der Waals surface area contributed by atoms with Crippen LogP contribution in [0.25, 0.3) is 0 Å². The zero-order chi connectivity index (χ0) is 15.5. The average Bonchev–Trinajstić information content (AvgIpc) is 2.56. The molecule has 6 rings (SSSR count). The predicted molar refractivity (Wildman–Crippen MR) is 98.0 cm³/mol. The molecule has 118 valence electrons. The zero-order valence-corrected chi connectivity index (χ0v) is 13.9. The average molecular weight is 303 g/mol. The molecule has 1 aromatic heterocycles. The number of pyridine rings is 1. The molecule has 4 aliphatic rings. The van der Waals surface area contributed by atoms with E-state index in [4.69, 9.17) is 0 Å². The maximum absolute atomic E-state index is 4.27. The number of benzene rings is 1. The third kappa shape index (κ3) is 3.86. The van der Waals surface area contributed by atoms with E-state index in [1.54, 1.807) is 38.2 Å². The summed E-state index contributed by atoms with van der Waals surface area (Å²) in [6, 6.07) is 16.4. The zero-order valence-electron chi connectivity index (χ0n) is 13.9. The Morgan fingerprint density at radius 2 is 1.39 bits per heavy atom. The minimum absolute atomic E-state index is 0.918. The lowest BCUT2D eigenvalue weighted by molar-refractivity contribution is 0.194. The first kappa shape index (κ1) is 15.0. The summed E-state index contributed by atoms with van der Waals surface area (Å²) in [6.45, 7) is 1.18. The van der Waals surface area contributed by atoms with Crippen LogP contribution in [0.1, 0.15) is 30.5 Å². The fourth-order valence-electron chi connectivity index (χ4n) is 5.29. The predicted octanol–water partition coefficient (Wildman–Crippen LogP) is 5.21. The van der Waals surface area contributed by atoms with Crippen LogP contribution in [0.3, 0.4) is 0 Å².